The maximum Gasteiger partial charge on any atom is 0.478 e. The van der Waals surface area contributed by atoms with E-state index in [0.717, 1.165) is 10.8 Å². The molecule has 0 saturated carbocycles. The Hall–Kier alpha value is -1.29. The third kappa shape index (κ3) is 1.21. The fourth-order valence-electron chi connectivity index (χ4n) is 2.08. The van der Waals surface area contributed by atoms with Gasteiger partial charge in [0, 0.05) is 0 Å². The molecule has 0 fully saturated rings. The Morgan fingerprint density at radius 3 is 1.93 bits per heavy atom. The summed E-state index contributed by atoms with van der Waals surface area (Å²) in [5, 5.41) is 21.2. The third-order valence-electron chi connectivity index (χ3n) is 2.76. The lowest BCUT2D eigenvalue weighted by Crippen LogP contribution is -2.51. The maximum absolute atomic E-state index is 9.66. The van der Waals surface area contributed by atoms with E-state index < -0.39 is 14.2 Å². The number of benzene rings is 2. The van der Waals surface area contributed by atoms with Crippen LogP contribution in [0.25, 0.3) is 10.8 Å². The number of hydrogen-bond acceptors (Lipinski definition) is 3. The molecule has 1 aliphatic heterocycles. The molecule has 15 heavy (non-hydrogen) atoms. The minimum Gasteiger partial charge on any atom is -0.443 e. The first kappa shape index (κ1) is 8.97. The highest BCUT2D eigenvalue weighted by atomic mass is 16.5. The second-order valence-electron chi connectivity index (χ2n) is 3.63. The van der Waals surface area contributed by atoms with E-state index in [1.54, 1.807) is 0 Å². The summed E-state index contributed by atoms with van der Waals surface area (Å²) < 4.78 is 5.01. The quantitative estimate of drug-likeness (QED) is 0.547. The number of rotatable bonds is 0. The van der Waals surface area contributed by atoms with Gasteiger partial charge in [-0.15, -0.1) is 0 Å². The first-order valence-electron chi connectivity index (χ1n) is 4.80. The van der Waals surface area contributed by atoms with Gasteiger partial charge < -0.3 is 14.6 Å². The molecule has 5 heteroatoms. The first-order chi connectivity index (χ1) is 7.27. The molecule has 1 aliphatic rings. The van der Waals surface area contributed by atoms with Crippen molar-refractivity contribution in [2.75, 3.05) is 0 Å². The molecule has 2 aromatic rings. The van der Waals surface area contributed by atoms with Crippen LogP contribution in [-0.4, -0.2) is 24.3 Å². The molecule has 0 saturated heterocycles. The molecule has 0 aromatic heterocycles. The molecule has 72 valence electrons. The molecule has 0 unspecified atom stereocenters. The molecule has 2 aromatic carbocycles. The van der Waals surface area contributed by atoms with Crippen molar-refractivity contribution < 1.29 is 14.6 Å². The largest absolute Gasteiger partial charge is 0.478 e. The standard InChI is InChI=1S/C10H8B2O3/c13-11-8-5-1-3-7-4-2-6-9(10(7)8)12(14)15-11/h1-6,13-14H. The molecule has 0 radical (unpaired) electrons. The van der Waals surface area contributed by atoms with Gasteiger partial charge in [-0.1, -0.05) is 36.4 Å². The minimum absolute atomic E-state index is 0.716. The van der Waals surface area contributed by atoms with Gasteiger partial charge in [-0.2, -0.15) is 0 Å². The van der Waals surface area contributed by atoms with Gasteiger partial charge in [-0.25, -0.2) is 0 Å². The van der Waals surface area contributed by atoms with E-state index in [4.69, 9.17) is 4.57 Å². The van der Waals surface area contributed by atoms with E-state index in [2.05, 4.69) is 0 Å². The zero-order chi connectivity index (χ0) is 10.4. The lowest BCUT2D eigenvalue weighted by atomic mass is 9.62. The van der Waals surface area contributed by atoms with Crippen molar-refractivity contribution in [3.8, 4) is 0 Å². The maximum atomic E-state index is 9.66. The molecule has 0 amide bonds. The van der Waals surface area contributed by atoms with Crippen LogP contribution in [0.5, 0.6) is 0 Å². The lowest BCUT2D eigenvalue weighted by molar-refractivity contribution is 0.377. The highest BCUT2D eigenvalue weighted by molar-refractivity contribution is 6.80. The lowest BCUT2D eigenvalue weighted by Gasteiger charge is -2.21. The SMILES string of the molecule is OB1OB(O)c2cccc3cccc1c23. The normalized spacial score (nSPS) is 14.8. The molecular formula is C10H8B2O3. The van der Waals surface area contributed by atoms with Gasteiger partial charge in [0.15, 0.2) is 0 Å². The van der Waals surface area contributed by atoms with Crippen LogP contribution in [0.4, 0.5) is 0 Å². The van der Waals surface area contributed by atoms with Crippen LogP contribution >= 0.6 is 0 Å². The van der Waals surface area contributed by atoms with Crippen molar-refractivity contribution >= 4 is 35.9 Å². The van der Waals surface area contributed by atoms with Gasteiger partial charge >= 0.3 is 14.2 Å². The van der Waals surface area contributed by atoms with Gasteiger partial charge in [0.05, 0.1) is 0 Å². The smallest absolute Gasteiger partial charge is 0.443 e. The van der Waals surface area contributed by atoms with E-state index >= 15 is 0 Å². The summed E-state index contributed by atoms with van der Waals surface area (Å²) in [6.07, 6.45) is 0. The fourth-order valence-corrected chi connectivity index (χ4v) is 2.08. The van der Waals surface area contributed by atoms with Gasteiger partial charge in [0.2, 0.25) is 0 Å². The molecule has 0 bridgehead atoms. The molecule has 0 spiro atoms. The Labute approximate surface area is 87.6 Å². The first-order valence-corrected chi connectivity index (χ1v) is 4.80. The molecule has 3 rings (SSSR count). The molecular weight excluding hydrogens is 190 g/mol. The summed E-state index contributed by atoms with van der Waals surface area (Å²) in [5.74, 6) is 0. The second-order valence-corrected chi connectivity index (χ2v) is 3.63. The summed E-state index contributed by atoms with van der Waals surface area (Å²) in [6, 6.07) is 11.3. The molecule has 3 nitrogen and oxygen atoms in total. The Bertz CT molecular complexity index is 486. The fraction of sp³-hybridized carbons (Fsp3) is 0. The van der Waals surface area contributed by atoms with Crippen LogP contribution in [0, 0.1) is 0 Å². The average molecular weight is 198 g/mol. The van der Waals surface area contributed by atoms with Gasteiger partial charge in [0.1, 0.15) is 0 Å². The van der Waals surface area contributed by atoms with Gasteiger partial charge in [-0.3, -0.25) is 0 Å². The van der Waals surface area contributed by atoms with Crippen LogP contribution in [0.1, 0.15) is 0 Å². The Morgan fingerprint density at radius 2 is 1.40 bits per heavy atom. The van der Waals surface area contributed by atoms with E-state index in [9.17, 15) is 10.0 Å². The Kier molecular flexibility index (Phi) is 1.85. The van der Waals surface area contributed by atoms with Crippen LogP contribution in [-0.2, 0) is 4.57 Å². The van der Waals surface area contributed by atoms with E-state index in [1.165, 1.54) is 0 Å². The molecule has 1 heterocycles. The molecule has 2 N–H and O–H groups in total. The van der Waals surface area contributed by atoms with Crippen molar-refractivity contribution in [2.24, 2.45) is 0 Å². The van der Waals surface area contributed by atoms with Crippen LogP contribution in [0.2, 0.25) is 0 Å². The highest BCUT2D eigenvalue weighted by Gasteiger charge is 2.34. The average Bonchev–Trinajstić information content (AvgIpc) is 2.25. The summed E-state index contributed by atoms with van der Waals surface area (Å²) in [5.41, 5.74) is 1.43. The predicted molar refractivity (Wildman–Crippen MR) is 60.2 cm³/mol. The monoisotopic (exact) mass is 198 g/mol. The summed E-state index contributed by atoms with van der Waals surface area (Å²) in [4.78, 5) is 0. The topological polar surface area (TPSA) is 49.7 Å². The van der Waals surface area contributed by atoms with Crippen molar-refractivity contribution in [2.45, 2.75) is 0 Å². The Balaban J connectivity index is 2.45. The van der Waals surface area contributed by atoms with Crippen LogP contribution < -0.4 is 10.9 Å². The summed E-state index contributed by atoms with van der Waals surface area (Å²) >= 11 is 0. The molecule has 0 atom stereocenters. The van der Waals surface area contributed by atoms with Crippen LogP contribution in [0.3, 0.4) is 0 Å². The molecule has 0 aliphatic carbocycles. The zero-order valence-electron chi connectivity index (χ0n) is 7.92. The number of hydrogen-bond donors (Lipinski definition) is 2. The van der Waals surface area contributed by atoms with Crippen molar-refractivity contribution in [1.29, 1.82) is 0 Å². The van der Waals surface area contributed by atoms with Crippen molar-refractivity contribution in [3.63, 3.8) is 0 Å². The highest BCUT2D eigenvalue weighted by Crippen LogP contribution is 2.14. The minimum atomic E-state index is -1.04. The van der Waals surface area contributed by atoms with E-state index in [1.807, 2.05) is 36.4 Å². The third-order valence-corrected chi connectivity index (χ3v) is 2.76. The second kappa shape index (κ2) is 3.10. The van der Waals surface area contributed by atoms with Gasteiger partial charge in [-0.05, 0) is 21.7 Å². The van der Waals surface area contributed by atoms with E-state index in [-0.39, 0.29) is 0 Å². The van der Waals surface area contributed by atoms with Crippen molar-refractivity contribution in [1.82, 2.24) is 0 Å². The van der Waals surface area contributed by atoms with Crippen molar-refractivity contribution in [3.05, 3.63) is 36.4 Å². The summed E-state index contributed by atoms with van der Waals surface area (Å²) in [6.45, 7) is 0. The Morgan fingerprint density at radius 1 is 0.867 bits per heavy atom. The van der Waals surface area contributed by atoms with Gasteiger partial charge in [0.25, 0.3) is 0 Å². The predicted octanol–water partition coefficient (Wildman–Crippen LogP) is -0.755. The zero-order valence-corrected chi connectivity index (χ0v) is 7.92. The van der Waals surface area contributed by atoms with E-state index in [0.29, 0.717) is 10.9 Å². The summed E-state index contributed by atoms with van der Waals surface area (Å²) in [7, 11) is -2.09. The van der Waals surface area contributed by atoms with Crippen LogP contribution in [0.15, 0.2) is 36.4 Å².